The van der Waals surface area contributed by atoms with Crippen molar-refractivity contribution in [3.05, 3.63) is 57.0 Å². The zero-order valence-electron chi connectivity index (χ0n) is 11.8. The van der Waals surface area contributed by atoms with Gasteiger partial charge in [-0.2, -0.15) is 0 Å². The number of rotatable bonds is 4. The van der Waals surface area contributed by atoms with Gasteiger partial charge in [-0.1, -0.05) is 33.6 Å². The average Bonchev–Trinajstić information content (AvgIpc) is 2.41. The lowest BCUT2D eigenvalue weighted by atomic mass is 10.2. The molecule has 0 bridgehead atoms. The Hall–Kier alpha value is -1.52. The van der Waals surface area contributed by atoms with Gasteiger partial charge in [-0.05, 0) is 55.3 Å². The normalized spacial score (nSPS) is 10.3. The molecule has 0 aliphatic heterocycles. The summed E-state index contributed by atoms with van der Waals surface area (Å²) in [5.74, 6) is -0.114. The Morgan fingerprint density at radius 3 is 2.52 bits per heavy atom. The van der Waals surface area contributed by atoms with E-state index in [0.29, 0.717) is 5.02 Å². The largest absolute Gasteiger partial charge is 0.375 e. The number of carbonyl (C=O) groups is 1. The van der Waals surface area contributed by atoms with Crippen LogP contribution in [-0.2, 0) is 4.79 Å². The van der Waals surface area contributed by atoms with Crippen molar-refractivity contribution in [2.45, 2.75) is 13.8 Å². The highest BCUT2D eigenvalue weighted by Crippen LogP contribution is 2.23. The minimum Gasteiger partial charge on any atom is -0.375 e. The first-order chi connectivity index (χ1) is 9.95. The summed E-state index contributed by atoms with van der Waals surface area (Å²) in [5, 5.41) is 6.52. The number of amides is 1. The van der Waals surface area contributed by atoms with E-state index in [2.05, 4.69) is 26.6 Å². The Balaban J connectivity index is 1.96. The van der Waals surface area contributed by atoms with Crippen molar-refractivity contribution in [2.24, 2.45) is 0 Å². The van der Waals surface area contributed by atoms with Gasteiger partial charge < -0.3 is 10.6 Å². The SMILES string of the molecule is Cc1ccc(NCC(=O)Nc2ccc(Br)cc2C)c(Cl)c1. The van der Waals surface area contributed by atoms with E-state index in [9.17, 15) is 4.79 Å². The van der Waals surface area contributed by atoms with E-state index in [0.717, 1.165) is 27.0 Å². The van der Waals surface area contributed by atoms with E-state index in [-0.39, 0.29) is 12.5 Å². The third-order valence-electron chi connectivity index (χ3n) is 3.03. The average molecular weight is 368 g/mol. The van der Waals surface area contributed by atoms with Crippen LogP contribution in [0.1, 0.15) is 11.1 Å². The van der Waals surface area contributed by atoms with Gasteiger partial charge in [0.05, 0.1) is 17.3 Å². The number of nitrogens with one attached hydrogen (secondary N) is 2. The van der Waals surface area contributed by atoms with Gasteiger partial charge in [-0.15, -0.1) is 0 Å². The van der Waals surface area contributed by atoms with Crippen molar-refractivity contribution in [2.75, 3.05) is 17.2 Å². The fourth-order valence-corrected chi connectivity index (χ4v) is 2.68. The van der Waals surface area contributed by atoms with Crippen molar-refractivity contribution < 1.29 is 4.79 Å². The minimum atomic E-state index is -0.114. The second-order valence-electron chi connectivity index (χ2n) is 4.84. The van der Waals surface area contributed by atoms with Crippen molar-refractivity contribution >= 4 is 44.8 Å². The highest BCUT2D eigenvalue weighted by atomic mass is 79.9. The molecule has 110 valence electrons. The van der Waals surface area contributed by atoms with Gasteiger partial charge in [0.1, 0.15) is 0 Å². The first-order valence-electron chi connectivity index (χ1n) is 6.52. The van der Waals surface area contributed by atoms with Crippen LogP contribution in [0.4, 0.5) is 11.4 Å². The third-order valence-corrected chi connectivity index (χ3v) is 3.83. The molecule has 0 saturated heterocycles. The molecule has 5 heteroatoms. The number of halogens is 2. The number of carbonyl (C=O) groups excluding carboxylic acids is 1. The predicted molar refractivity (Wildman–Crippen MR) is 92.2 cm³/mol. The Morgan fingerprint density at radius 2 is 1.86 bits per heavy atom. The molecule has 2 aromatic carbocycles. The van der Waals surface area contributed by atoms with Crippen molar-refractivity contribution in [3.8, 4) is 0 Å². The molecule has 0 heterocycles. The summed E-state index contributed by atoms with van der Waals surface area (Å²) >= 11 is 9.51. The minimum absolute atomic E-state index is 0.114. The molecule has 0 aliphatic carbocycles. The van der Waals surface area contributed by atoms with Gasteiger partial charge in [0, 0.05) is 10.2 Å². The molecule has 0 radical (unpaired) electrons. The molecule has 0 atom stereocenters. The van der Waals surface area contributed by atoms with Crippen LogP contribution in [0, 0.1) is 13.8 Å². The third kappa shape index (κ3) is 4.48. The Morgan fingerprint density at radius 1 is 1.14 bits per heavy atom. The summed E-state index contributed by atoms with van der Waals surface area (Å²) in [6, 6.07) is 11.4. The molecule has 21 heavy (non-hydrogen) atoms. The van der Waals surface area contributed by atoms with Crippen LogP contribution in [0.15, 0.2) is 40.9 Å². The lowest BCUT2D eigenvalue weighted by Crippen LogP contribution is -2.22. The number of hydrogen-bond donors (Lipinski definition) is 2. The van der Waals surface area contributed by atoms with Crippen molar-refractivity contribution in [1.82, 2.24) is 0 Å². The highest BCUT2D eigenvalue weighted by Gasteiger charge is 2.06. The lowest BCUT2D eigenvalue weighted by molar-refractivity contribution is -0.114. The Labute approximate surface area is 137 Å². The second-order valence-corrected chi connectivity index (χ2v) is 6.17. The molecule has 2 N–H and O–H groups in total. The van der Waals surface area contributed by atoms with Crippen LogP contribution in [0.3, 0.4) is 0 Å². The number of hydrogen-bond acceptors (Lipinski definition) is 2. The zero-order valence-corrected chi connectivity index (χ0v) is 14.2. The number of aryl methyl sites for hydroxylation is 2. The molecule has 0 saturated carbocycles. The summed E-state index contributed by atoms with van der Waals surface area (Å²) in [4.78, 5) is 12.0. The van der Waals surface area contributed by atoms with E-state index < -0.39 is 0 Å². The molecule has 2 rings (SSSR count). The van der Waals surface area contributed by atoms with Crippen molar-refractivity contribution in [1.29, 1.82) is 0 Å². The monoisotopic (exact) mass is 366 g/mol. The lowest BCUT2D eigenvalue weighted by Gasteiger charge is -2.11. The van der Waals surface area contributed by atoms with Crippen LogP contribution >= 0.6 is 27.5 Å². The first-order valence-corrected chi connectivity index (χ1v) is 7.69. The van der Waals surface area contributed by atoms with Gasteiger partial charge in [-0.25, -0.2) is 0 Å². The summed E-state index contributed by atoms with van der Waals surface area (Å²) in [6.07, 6.45) is 0. The summed E-state index contributed by atoms with van der Waals surface area (Å²) < 4.78 is 0.988. The maximum atomic E-state index is 12.0. The second kappa shape index (κ2) is 6.96. The Kier molecular flexibility index (Phi) is 5.26. The van der Waals surface area contributed by atoms with E-state index in [1.165, 1.54) is 0 Å². The maximum Gasteiger partial charge on any atom is 0.243 e. The van der Waals surface area contributed by atoms with Crippen LogP contribution < -0.4 is 10.6 Å². The van der Waals surface area contributed by atoms with Crippen LogP contribution in [0.2, 0.25) is 5.02 Å². The molecule has 0 spiro atoms. The Bertz CT molecular complexity index is 673. The fraction of sp³-hybridized carbons (Fsp3) is 0.188. The molecule has 0 fully saturated rings. The molecule has 1 amide bonds. The molecule has 0 aliphatic rings. The summed E-state index contributed by atoms with van der Waals surface area (Å²) in [6.45, 7) is 4.08. The molecule has 0 aromatic heterocycles. The fourth-order valence-electron chi connectivity index (χ4n) is 1.90. The number of benzene rings is 2. The first kappa shape index (κ1) is 15.9. The summed E-state index contributed by atoms with van der Waals surface area (Å²) in [7, 11) is 0. The molecular weight excluding hydrogens is 352 g/mol. The van der Waals surface area contributed by atoms with E-state index in [4.69, 9.17) is 11.6 Å². The topological polar surface area (TPSA) is 41.1 Å². The highest BCUT2D eigenvalue weighted by molar-refractivity contribution is 9.10. The van der Waals surface area contributed by atoms with Gasteiger partial charge in [0.15, 0.2) is 0 Å². The van der Waals surface area contributed by atoms with Crippen LogP contribution in [0.5, 0.6) is 0 Å². The smallest absolute Gasteiger partial charge is 0.243 e. The molecular formula is C16H16BrClN2O. The van der Waals surface area contributed by atoms with Gasteiger partial charge in [0.2, 0.25) is 5.91 Å². The number of anilines is 2. The van der Waals surface area contributed by atoms with E-state index >= 15 is 0 Å². The predicted octanol–water partition coefficient (Wildman–Crippen LogP) is 4.77. The summed E-state index contributed by atoms with van der Waals surface area (Å²) in [5.41, 5.74) is 3.65. The maximum absolute atomic E-state index is 12.0. The van der Waals surface area contributed by atoms with Crippen LogP contribution in [0.25, 0.3) is 0 Å². The van der Waals surface area contributed by atoms with E-state index in [1.807, 2.05) is 50.2 Å². The van der Waals surface area contributed by atoms with Crippen molar-refractivity contribution in [3.63, 3.8) is 0 Å². The quantitative estimate of drug-likeness (QED) is 0.817. The van der Waals surface area contributed by atoms with E-state index in [1.54, 1.807) is 0 Å². The van der Waals surface area contributed by atoms with Gasteiger partial charge in [0.25, 0.3) is 0 Å². The van der Waals surface area contributed by atoms with Crippen LogP contribution in [-0.4, -0.2) is 12.5 Å². The molecule has 3 nitrogen and oxygen atoms in total. The molecule has 2 aromatic rings. The molecule has 0 unspecified atom stereocenters. The zero-order chi connectivity index (χ0) is 15.4. The standard InChI is InChI=1S/C16H16BrClN2O/c1-10-3-5-15(13(18)7-10)19-9-16(21)20-14-6-4-12(17)8-11(14)2/h3-8,19H,9H2,1-2H3,(H,20,21). The van der Waals surface area contributed by atoms with Gasteiger partial charge >= 0.3 is 0 Å². The van der Waals surface area contributed by atoms with Gasteiger partial charge in [-0.3, -0.25) is 4.79 Å².